The zero-order valence-electron chi connectivity index (χ0n) is 13.8. The molecule has 5 heteroatoms. The van der Waals surface area contributed by atoms with E-state index in [1.54, 1.807) is 0 Å². The van der Waals surface area contributed by atoms with Crippen molar-refractivity contribution in [2.24, 2.45) is 5.41 Å². The van der Waals surface area contributed by atoms with E-state index >= 15 is 0 Å². The third kappa shape index (κ3) is 2.42. The molecule has 2 aliphatic carbocycles. The third-order valence-corrected chi connectivity index (χ3v) is 6.56. The number of benzene rings is 1. The summed E-state index contributed by atoms with van der Waals surface area (Å²) in [5.74, 6) is 0.193. The second-order valence-electron chi connectivity index (χ2n) is 7.12. The second-order valence-corrected chi connectivity index (χ2v) is 8.01. The summed E-state index contributed by atoms with van der Waals surface area (Å²) in [6, 6.07) is 10.3. The van der Waals surface area contributed by atoms with E-state index in [9.17, 15) is 4.79 Å². The number of nitrogens with zero attached hydrogens (tertiary/aromatic N) is 1. The van der Waals surface area contributed by atoms with E-state index in [4.69, 9.17) is 5.73 Å². The molecule has 1 aromatic carbocycles. The van der Waals surface area contributed by atoms with Crippen molar-refractivity contribution in [1.82, 2.24) is 10.3 Å². The monoisotopic (exact) mass is 341 g/mol. The largest absolute Gasteiger partial charge is 0.375 e. The average molecular weight is 341 g/mol. The number of aromatic nitrogens is 1. The van der Waals surface area contributed by atoms with Gasteiger partial charge in [0.15, 0.2) is 5.13 Å². The number of anilines is 1. The number of hydrogen-bond donors (Lipinski definition) is 2. The van der Waals surface area contributed by atoms with E-state index in [1.807, 2.05) is 23.6 Å². The second kappa shape index (κ2) is 5.88. The Morgan fingerprint density at radius 1 is 1.25 bits per heavy atom. The van der Waals surface area contributed by atoms with E-state index in [0.29, 0.717) is 11.7 Å². The fraction of sp³-hybridized carbons (Fsp3) is 0.474. The first kappa shape index (κ1) is 15.6. The number of carbonyl (C=O) groups is 1. The normalized spacial score (nSPS) is 24.2. The summed E-state index contributed by atoms with van der Waals surface area (Å²) < 4.78 is 0. The van der Waals surface area contributed by atoms with Crippen molar-refractivity contribution in [3.8, 4) is 0 Å². The van der Waals surface area contributed by atoms with Crippen molar-refractivity contribution in [3.63, 3.8) is 0 Å². The molecule has 1 heterocycles. The van der Waals surface area contributed by atoms with E-state index < -0.39 is 0 Å². The molecule has 1 unspecified atom stereocenters. The van der Waals surface area contributed by atoms with Crippen molar-refractivity contribution in [2.75, 3.05) is 12.3 Å². The van der Waals surface area contributed by atoms with Crippen molar-refractivity contribution in [3.05, 3.63) is 47.0 Å². The molecule has 2 aliphatic rings. The number of rotatable bonds is 5. The van der Waals surface area contributed by atoms with E-state index in [2.05, 4.69) is 22.4 Å². The molecule has 2 saturated carbocycles. The molecule has 126 valence electrons. The summed E-state index contributed by atoms with van der Waals surface area (Å²) in [7, 11) is 0. The van der Waals surface area contributed by atoms with Gasteiger partial charge in [0.1, 0.15) is 0 Å². The number of amides is 1. The van der Waals surface area contributed by atoms with Gasteiger partial charge in [-0.15, -0.1) is 11.3 Å². The maximum atomic E-state index is 13.1. The van der Waals surface area contributed by atoms with Crippen LogP contribution in [0.25, 0.3) is 0 Å². The van der Waals surface area contributed by atoms with Crippen LogP contribution in [0, 0.1) is 5.41 Å². The van der Waals surface area contributed by atoms with Gasteiger partial charge in [0.05, 0.1) is 11.1 Å². The first-order chi connectivity index (χ1) is 11.7. The van der Waals surface area contributed by atoms with Gasteiger partial charge in [-0.1, -0.05) is 43.2 Å². The van der Waals surface area contributed by atoms with Crippen LogP contribution in [0.4, 0.5) is 5.13 Å². The van der Waals surface area contributed by atoms with Crippen molar-refractivity contribution >= 4 is 22.4 Å². The lowest BCUT2D eigenvalue weighted by atomic mass is 9.84. The minimum atomic E-state index is -0.314. The summed E-state index contributed by atoms with van der Waals surface area (Å²) in [4.78, 5) is 17.4. The van der Waals surface area contributed by atoms with Gasteiger partial charge in [-0.3, -0.25) is 4.79 Å². The van der Waals surface area contributed by atoms with Crippen LogP contribution in [0.5, 0.6) is 0 Å². The highest BCUT2D eigenvalue weighted by Gasteiger charge is 2.72. The van der Waals surface area contributed by atoms with Gasteiger partial charge in [0.25, 0.3) is 0 Å². The molecular weight excluding hydrogens is 318 g/mol. The SMILES string of the molecule is Nc1nc(CCNC(=O)C2(c3ccccc3)CC23CCCC3)cs1. The molecule has 4 rings (SSSR count). The molecule has 0 saturated heterocycles. The molecule has 0 bridgehead atoms. The standard InChI is InChI=1S/C19H23N3OS/c20-17-22-15(12-24-17)8-11-21-16(23)19(14-6-2-1-3-7-14)13-18(19)9-4-5-10-18/h1-3,6-7,12H,4-5,8-11,13H2,(H2,20,22)(H,21,23). The molecule has 2 fully saturated rings. The molecule has 4 nitrogen and oxygen atoms in total. The van der Waals surface area contributed by atoms with Gasteiger partial charge in [-0.2, -0.15) is 0 Å². The van der Waals surface area contributed by atoms with Gasteiger partial charge in [-0.05, 0) is 30.2 Å². The first-order valence-corrected chi connectivity index (χ1v) is 9.58. The van der Waals surface area contributed by atoms with Gasteiger partial charge in [0.2, 0.25) is 5.91 Å². The first-order valence-electron chi connectivity index (χ1n) is 8.70. The minimum Gasteiger partial charge on any atom is -0.375 e. The molecule has 0 aliphatic heterocycles. The van der Waals surface area contributed by atoms with Crippen LogP contribution < -0.4 is 11.1 Å². The molecule has 3 N–H and O–H groups in total. The maximum absolute atomic E-state index is 13.1. The minimum absolute atomic E-state index is 0.193. The summed E-state index contributed by atoms with van der Waals surface area (Å²) in [5.41, 5.74) is 7.69. The summed E-state index contributed by atoms with van der Waals surface area (Å²) >= 11 is 1.45. The highest BCUT2D eigenvalue weighted by Crippen LogP contribution is 2.72. The van der Waals surface area contributed by atoms with Gasteiger partial charge >= 0.3 is 0 Å². The van der Waals surface area contributed by atoms with Crippen LogP contribution in [0.2, 0.25) is 0 Å². The summed E-state index contributed by atoms with van der Waals surface area (Å²) in [5, 5.41) is 5.73. The van der Waals surface area contributed by atoms with E-state index in [1.165, 1.54) is 42.6 Å². The Labute approximate surface area is 146 Å². The van der Waals surface area contributed by atoms with Crippen molar-refractivity contribution in [2.45, 2.75) is 43.9 Å². The Bertz CT molecular complexity index is 736. The number of nitrogens with one attached hydrogen (secondary N) is 1. The van der Waals surface area contributed by atoms with Crippen LogP contribution in [-0.4, -0.2) is 17.4 Å². The van der Waals surface area contributed by atoms with Crippen LogP contribution in [-0.2, 0) is 16.6 Å². The fourth-order valence-electron chi connectivity index (χ4n) is 4.59. The smallest absolute Gasteiger partial charge is 0.231 e. The topological polar surface area (TPSA) is 68.0 Å². The lowest BCUT2D eigenvalue weighted by molar-refractivity contribution is -0.124. The van der Waals surface area contributed by atoms with E-state index in [0.717, 1.165) is 18.5 Å². The Kier molecular flexibility index (Phi) is 3.83. The molecule has 24 heavy (non-hydrogen) atoms. The molecule has 1 atom stereocenters. The van der Waals surface area contributed by atoms with Crippen molar-refractivity contribution in [1.29, 1.82) is 0 Å². The number of nitrogens with two attached hydrogens (primary N) is 1. The highest BCUT2D eigenvalue weighted by molar-refractivity contribution is 7.13. The van der Waals surface area contributed by atoms with Gasteiger partial charge in [-0.25, -0.2) is 4.98 Å². The zero-order chi connectivity index (χ0) is 16.6. The molecule has 1 amide bonds. The zero-order valence-corrected chi connectivity index (χ0v) is 14.6. The Morgan fingerprint density at radius 3 is 2.67 bits per heavy atom. The number of nitrogen functional groups attached to an aromatic ring is 1. The summed E-state index contributed by atoms with van der Waals surface area (Å²) in [6.45, 7) is 0.618. The Morgan fingerprint density at radius 2 is 2.00 bits per heavy atom. The fourth-order valence-corrected chi connectivity index (χ4v) is 5.19. The molecule has 2 aromatic rings. The van der Waals surface area contributed by atoms with Gasteiger partial charge in [0, 0.05) is 18.3 Å². The average Bonchev–Trinajstić information content (AvgIpc) is 2.88. The number of hydrogen-bond acceptors (Lipinski definition) is 4. The Hall–Kier alpha value is -1.88. The summed E-state index contributed by atoms with van der Waals surface area (Å²) in [6.07, 6.45) is 6.59. The van der Waals surface area contributed by atoms with Crippen LogP contribution in [0.1, 0.15) is 43.4 Å². The predicted molar refractivity (Wildman–Crippen MR) is 96.9 cm³/mol. The third-order valence-electron chi connectivity index (χ3n) is 5.83. The van der Waals surface area contributed by atoms with Crippen LogP contribution >= 0.6 is 11.3 Å². The van der Waals surface area contributed by atoms with Crippen LogP contribution in [0.15, 0.2) is 35.7 Å². The maximum Gasteiger partial charge on any atom is 0.231 e. The Balaban J connectivity index is 1.49. The molecular formula is C19H23N3OS. The van der Waals surface area contributed by atoms with Crippen molar-refractivity contribution < 1.29 is 4.79 Å². The van der Waals surface area contributed by atoms with Crippen LogP contribution in [0.3, 0.4) is 0 Å². The van der Waals surface area contributed by atoms with E-state index in [-0.39, 0.29) is 16.7 Å². The predicted octanol–water partition coefficient (Wildman–Crippen LogP) is 3.29. The number of carbonyl (C=O) groups excluding carboxylic acids is 1. The lowest BCUT2D eigenvalue weighted by Gasteiger charge is -2.22. The molecule has 0 radical (unpaired) electrons. The highest BCUT2D eigenvalue weighted by atomic mass is 32.1. The molecule has 1 aromatic heterocycles. The number of thiazole rings is 1. The van der Waals surface area contributed by atoms with Gasteiger partial charge < -0.3 is 11.1 Å². The lowest BCUT2D eigenvalue weighted by Crippen LogP contribution is -2.39. The molecule has 1 spiro atoms. The quantitative estimate of drug-likeness (QED) is 0.877.